The minimum atomic E-state index is -0.388. The molecule has 0 spiro atoms. The molecule has 0 radical (unpaired) electrons. The van der Waals surface area contributed by atoms with Gasteiger partial charge in [0.1, 0.15) is 0 Å². The van der Waals surface area contributed by atoms with Gasteiger partial charge in [-0.2, -0.15) is 0 Å². The number of esters is 2. The molecule has 0 bridgehead atoms. The quantitative estimate of drug-likeness (QED) is 0.736. The fraction of sp³-hybridized carbons (Fsp3) is 0.550. The van der Waals surface area contributed by atoms with E-state index in [2.05, 4.69) is 5.32 Å². The number of amides is 1. The van der Waals surface area contributed by atoms with Gasteiger partial charge in [-0.3, -0.25) is 14.5 Å². The van der Waals surface area contributed by atoms with Crippen LogP contribution in [0.15, 0.2) is 24.3 Å². The van der Waals surface area contributed by atoms with Crippen LogP contribution in [0.2, 0.25) is 0 Å². The highest BCUT2D eigenvalue weighted by molar-refractivity contribution is 5.94. The second kappa shape index (κ2) is 10.1. The zero-order valence-corrected chi connectivity index (χ0v) is 16.2. The third-order valence-corrected chi connectivity index (χ3v) is 4.24. The van der Waals surface area contributed by atoms with Crippen molar-refractivity contribution in [2.75, 3.05) is 31.6 Å². The number of nitrogens with one attached hydrogen (secondary N) is 1. The van der Waals surface area contributed by atoms with Gasteiger partial charge in [0.05, 0.1) is 30.7 Å². The Morgan fingerprint density at radius 3 is 2.56 bits per heavy atom. The molecule has 1 N–H and O–H groups in total. The van der Waals surface area contributed by atoms with E-state index in [4.69, 9.17) is 9.47 Å². The molecule has 1 atom stereocenters. The predicted molar refractivity (Wildman–Crippen MR) is 101 cm³/mol. The minimum Gasteiger partial charge on any atom is -0.466 e. The molecular formula is C20H28N2O5. The maximum Gasteiger partial charge on any atom is 0.338 e. The van der Waals surface area contributed by atoms with Gasteiger partial charge in [0.25, 0.3) is 0 Å². The van der Waals surface area contributed by atoms with Crippen molar-refractivity contribution in [3.05, 3.63) is 29.8 Å². The van der Waals surface area contributed by atoms with Crippen molar-refractivity contribution in [1.29, 1.82) is 0 Å². The molecule has 1 aromatic rings. The molecule has 1 saturated heterocycles. The van der Waals surface area contributed by atoms with Crippen LogP contribution in [0.25, 0.3) is 0 Å². The molecule has 1 aliphatic heterocycles. The second-order valence-corrected chi connectivity index (χ2v) is 6.91. The number of ether oxygens (including phenoxy) is 2. The highest BCUT2D eigenvalue weighted by Crippen LogP contribution is 2.18. The first-order valence-corrected chi connectivity index (χ1v) is 9.39. The lowest BCUT2D eigenvalue weighted by atomic mass is 9.98. The number of piperidine rings is 1. The van der Waals surface area contributed by atoms with Gasteiger partial charge in [-0.05, 0) is 64.4 Å². The fourth-order valence-electron chi connectivity index (χ4n) is 3.03. The summed E-state index contributed by atoms with van der Waals surface area (Å²) < 4.78 is 10.2. The Morgan fingerprint density at radius 1 is 1.22 bits per heavy atom. The first kappa shape index (κ1) is 20.9. The number of anilines is 1. The molecule has 1 aromatic carbocycles. The van der Waals surface area contributed by atoms with Crippen LogP contribution in [-0.4, -0.2) is 55.1 Å². The first-order valence-electron chi connectivity index (χ1n) is 9.39. The van der Waals surface area contributed by atoms with Crippen molar-refractivity contribution in [3.8, 4) is 0 Å². The van der Waals surface area contributed by atoms with E-state index >= 15 is 0 Å². The van der Waals surface area contributed by atoms with Crippen molar-refractivity contribution in [1.82, 2.24) is 4.90 Å². The Bertz CT molecular complexity index is 657. The minimum absolute atomic E-state index is 0.156. The van der Waals surface area contributed by atoms with Gasteiger partial charge in [-0.1, -0.05) is 0 Å². The van der Waals surface area contributed by atoms with E-state index < -0.39 is 0 Å². The summed E-state index contributed by atoms with van der Waals surface area (Å²) in [5.74, 6) is -0.901. The van der Waals surface area contributed by atoms with E-state index in [1.165, 1.54) is 0 Å². The van der Waals surface area contributed by atoms with Crippen LogP contribution in [0.3, 0.4) is 0 Å². The third kappa shape index (κ3) is 6.67. The molecule has 1 fully saturated rings. The summed E-state index contributed by atoms with van der Waals surface area (Å²) in [5.41, 5.74) is 1.05. The van der Waals surface area contributed by atoms with Crippen molar-refractivity contribution in [3.63, 3.8) is 0 Å². The zero-order valence-electron chi connectivity index (χ0n) is 16.2. The molecule has 1 unspecified atom stereocenters. The van der Waals surface area contributed by atoms with Crippen LogP contribution < -0.4 is 5.32 Å². The maximum atomic E-state index is 12.3. The van der Waals surface area contributed by atoms with Crippen molar-refractivity contribution in [2.45, 2.75) is 39.7 Å². The van der Waals surface area contributed by atoms with Gasteiger partial charge >= 0.3 is 11.9 Å². The fourth-order valence-corrected chi connectivity index (χ4v) is 3.03. The van der Waals surface area contributed by atoms with E-state index in [1.54, 1.807) is 45.0 Å². The van der Waals surface area contributed by atoms with Crippen LogP contribution in [-0.2, 0) is 19.1 Å². The number of likely N-dealkylation sites (tertiary alicyclic amines) is 1. The van der Waals surface area contributed by atoms with Crippen LogP contribution in [0.4, 0.5) is 5.69 Å². The van der Waals surface area contributed by atoms with Crippen molar-refractivity contribution in [2.24, 2.45) is 5.92 Å². The highest BCUT2D eigenvalue weighted by atomic mass is 16.5. The Balaban J connectivity index is 1.84. The average molecular weight is 376 g/mol. The number of hydrogen-bond donors (Lipinski definition) is 1. The van der Waals surface area contributed by atoms with Gasteiger partial charge in [0, 0.05) is 12.2 Å². The molecule has 7 heteroatoms. The van der Waals surface area contributed by atoms with Crippen LogP contribution in [0.1, 0.15) is 44.0 Å². The standard InChI is InChI=1S/C20H28N2O5/c1-4-26-19(24)16-6-5-11-22(12-16)13-18(23)21-17-9-7-15(8-10-17)20(25)27-14(2)3/h7-10,14,16H,4-6,11-13H2,1-3H3,(H,21,23). The molecule has 1 heterocycles. The molecule has 2 rings (SSSR count). The lowest BCUT2D eigenvalue weighted by Crippen LogP contribution is -2.43. The number of carbonyl (C=O) groups excluding carboxylic acids is 3. The first-order chi connectivity index (χ1) is 12.9. The van der Waals surface area contributed by atoms with Gasteiger partial charge in [0.2, 0.25) is 5.91 Å². The van der Waals surface area contributed by atoms with E-state index in [-0.39, 0.29) is 36.4 Å². The second-order valence-electron chi connectivity index (χ2n) is 6.91. The molecule has 0 aromatic heterocycles. The van der Waals surface area contributed by atoms with Gasteiger partial charge in [-0.25, -0.2) is 4.79 Å². The number of benzene rings is 1. The van der Waals surface area contributed by atoms with Crippen LogP contribution >= 0.6 is 0 Å². The Labute approximate surface area is 160 Å². The van der Waals surface area contributed by atoms with E-state index in [0.717, 1.165) is 19.4 Å². The summed E-state index contributed by atoms with van der Waals surface area (Å²) in [5, 5.41) is 2.82. The van der Waals surface area contributed by atoms with Crippen LogP contribution in [0.5, 0.6) is 0 Å². The third-order valence-electron chi connectivity index (χ3n) is 4.24. The normalized spacial score (nSPS) is 17.4. The molecule has 27 heavy (non-hydrogen) atoms. The summed E-state index contributed by atoms with van der Waals surface area (Å²) >= 11 is 0. The molecule has 7 nitrogen and oxygen atoms in total. The zero-order chi connectivity index (χ0) is 19.8. The lowest BCUT2D eigenvalue weighted by molar-refractivity contribution is -0.150. The molecule has 0 saturated carbocycles. The topological polar surface area (TPSA) is 84.9 Å². The highest BCUT2D eigenvalue weighted by Gasteiger charge is 2.27. The summed E-state index contributed by atoms with van der Waals surface area (Å²) in [4.78, 5) is 38.0. The average Bonchev–Trinajstić information content (AvgIpc) is 2.62. The summed E-state index contributed by atoms with van der Waals surface area (Å²) in [6.07, 6.45) is 1.48. The number of nitrogens with zero attached hydrogens (tertiary/aromatic N) is 1. The summed E-state index contributed by atoms with van der Waals surface area (Å²) in [7, 11) is 0. The van der Waals surface area contributed by atoms with Gasteiger partial charge in [0.15, 0.2) is 0 Å². The summed E-state index contributed by atoms with van der Waals surface area (Å²) in [6.45, 7) is 7.28. The number of hydrogen-bond acceptors (Lipinski definition) is 6. The van der Waals surface area contributed by atoms with E-state index in [1.807, 2.05) is 4.90 Å². The molecule has 148 valence electrons. The molecule has 1 amide bonds. The lowest BCUT2D eigenvalue weighted by Gasteiger charge is -2.30. The smallest absolute Gasteiger partial charge is 0.338 e. The van der Waals surface area contributed by atoms with Crippen LogP contribution in [0, 0.1) is 5.92 Å². The number of carbonyl (C=O) groups is 3. The number of rotatable bonds is 7. The Hall–Kier alpha value is -2.41. The maximum absolute atomic E-state index is 12.3. The Morgan fingerprint density at radius 2 is 1.93 bits per heavy atom. The molecule has 1 aliphatic rings. The summed E-state index contributed by atoms with van der Waals surface area (Å²) in [6, 6.07) is 6.59. The van der Waals surface area contributed by atoms with Gasteiger partial charge < -0.3 is 14.8 Å². The van der Waals surface area contributed by atoms with Gasteiger partial charge in [-0.15, -0.1) is 0 Å². The molecule has 0 aliphatic carbocycles. The largest absolute Gasteiger partial charge is 0.466 e. The van der Waals surface area contributed by atoms with Crippen molar-refractivity contribution < 1.29 is 23.9 Å². The SMILES string of the molecule is CCOC(=O)C1CCCN(CC(=O)Nc2ccc(C(=O)OC(C)C)cc2)C1. The van der Waals surface area contributed by atoms with Crippen molar-refractivity contribution >= 4 is 23.5 Å². The monoisotopic (exact) mass is 376 g/mol. The van der Waals surface area contributed by atoms with E-state index in [9.17, 15) is 14.4 Å². The van der Waals surface area contributed by atoms with E-state index in [0.29, 0.717) is 24.4 Å². The Kier molecular flexibility index (Phi) is 7.79. The predicted octanol–water partition coefficient (Wildman–Crippen LogP) is 2.47. The molecular weight excluding hydrogens is 348 g/mol.